The number of ether oxygens (including phenoxy) is 1. The van der Waals surface area contributed by atoms with Gasteiger partial charge in [-0.15, -0.1) is 0 Å². The standard InChI is InChI=1S/C16H12Br2Cl2N2O2/c1-9-5-11(17)6-12(18)16(9)24-8-14(23)22-21-7-10-3-2-4-13(19)15(10)20/h2-7H,8H2,1H3,(H,22,23)/b21-7+. The molecule has 0 spiro atoms. The number of nitrogens with zero attached hydrogens (tertiary/aromatic N) is 1. The molecule has 0 aliphatic carbocycles. The average Bonchev–Trinajstić information content (AvgIpc) is 2.50. The minimum atomic E-state index is -0.390. The van der Waals surface area contributed by atoms with Gasteiger partial charge >= 0.3 is 0 Å². The number of carbonyl (C=O) groups is 1. The molecule has 2 aromatic rings. The van der Waals surface area contributed by atoms with Gasteiger partial charge in [-0.3, -0.25) is 4.79 Å². The van der Waals surface area contributed by atoms with Crippen LogP contribution in [-0.2, 0) is 4.79 Å². The molecule has 0 saturated heterocycles. The Labute approximate surface area is 166 Å². The molecule has 2 rings (SSSR count). The van der Waals surface area contributed by atoms with Crippen molar-refractivity contribution in [2.24, 2.45) is 5.10 Å². The van der Waals surface area contributed by atoms with E-state index in [1.165, 1.54) is 6.21 Å². The van der Waals surface area contributed by atoms with Crippen LogP contribution in [0.15, 0.2) is 44.4 Å². The van der Waals surface area contributed by atoms with Crippen LogP contribution in [0.1, 0.15) is 11.1 Å². The molecule has 0 unspecified atom stereocenters. The van der Waals surface area contributed by atoms with Crippen molar-refractivity contribution < 1.29 is 9.53 Å². The lowest BCUT2D eigenvalue weighted by Gasteiger charge is -2.10. The highest BCUT2D eigenvalue weighted by Crippen LogP contribution is 2.32. The second-order valence-electron chi connectivity index (χ2n) is 4.76. The minimum Gasteiger partial charge on any atom is -0.482 e. The van der Waals surface area contributed by atoms with Gasteiger partial charge in [-0.05, 0) is 46.6 Å². The van der Waals surface area contributed by atoms with Gasteiger partial charge < -0.3 is 4.74 Å². The van der Waals surface area contributed by atoms with E-state index in [9.17, 15) is 4.79 Å². The van der Waals surface area contributed by atoms with Gasteiger partial charge in [0.25, 0.3) is 5.91 Å². The number of hydrogen-bond donors (Lipinski definition) is 1. The van der Waals surface area contributed by atoms with Crippen LogP contribution in [0.25, 0.3) is 0 Å². The largest absolute Gasteiger partial charge is 0.482 e. The van der Waals surface area contributed by atoms with Crippen LogP contribution in [0.3, 0.4) is 0 Å². The fourth-order valence-corrected chi connectivity index (χ4v) is 3.75. The van der Waals surface area contributed by atoms with Crippen LogP contribution in [0.2, 0.25) is 10.0 Å². The average molecular weight is 495 g/mol. The minimum absolute atomic E-state index is 0.165. The summed E-state index contributed by atoms with van der Waals surface area (Å²) in [6.07, 6.45) is 1.42. The second kappa shape index (κ2) is 8.85. The van der Waals surface area contributed by atoms with Gasteiger partial charge in [0.1, 0.15) is 5.75 Å². The molecule has 0 fully saturated rings. The van der Waals surface area contributed by atoms with Gasteiger partial charge in [0, 0.05) is 10.0 Å². The first-order chi connectivity index (χ1) is 11.4. The smallest absolute Gasteiger partial charge is 0.277 e. The third-order valence-corrected chi connectivity index (χ3v) is 4.80. The predicted octanol–water partition coefficient (Wildman–Crippen LogP) is 5.36. The van der Waals surface area contributed by atoms with Crippen molar-refractivity contribution in [2.45, 2.75) is 6.92 Å². The maximum atomic E-state index is 11.8. The van der Waals surface area contributed by atoms with Crippen molar-refractivity contribution in [1.29, 1.82) is 0 Å². The third-order valence-electron chi connectivity index (χ3n) is 2.92. The Morgan fingerprint density at radius 3 is 2.79 bits per heavy atom. The first-order valence-corrected chi connectivity index (χ1v) is 9.07. The van der Waals surface area contributed by atoms with Crippen LogP contribution in [0.4, 0.5) is 0 Å². The lowest BCUT2D eigenvalue weighted by molar-refractivity contribution is -0.123. The van der Waals surface area contributed by atoms with Crippen molar-refractivity contribution in [3.05, 3.63) is 60.4 Å². The van der Waals surface area contributed by atoms with Crippen molar-refractivity contribution in [3.63, 3.8) is 0 Å². The fraction of sp³-hybridized carbons (Fsp3) is 0.125. The molecule has 0 aliphatic rings. The number of amides is 1. The Kier molecular flexibility index (Phi) is 7.10. The van der Waals surface area contributed by atoms with Gasteiger partial charge in [0.05, 0.1) is 20.7 Å². The van der Waals surface area contributed by atoms with Gasteiger partial charge in [-0.1, -0.05) is 51.3 Å². The van der Waals surface area contributed by atoms with E-state index in [-0.39, 0.29) is 6.61 Å². The Hall–Kier alpha value is -1.08. The molecule has 0 bridgehead atoms. The zero-order valence-electron chi connectivity index (χ0n) is 12.4. The summed E-state index contributed by atoms with van der Waals surface area (Å²) in [4.78, 5) is 11.8. The summed E-state index contributed by atoms with van der Waals surface area (Å²) >= 11 is 18.7. The highest BCUT2D eigenvalue weighted by atomic mass is 79.9. The van der Waals surface area contributed by atoms with Crippen LogP contribution >= 0.6 is 55.1 Å². The van der Waals surface area contributed by atoms with E-state index in [1.807, 2.05) is 19.1 Å². The SMILES string of the molecule is Cc1cc(Br)cc(Br)c1OCC(=O)N/N=C/c1cccc(Cl)c1Cl. The van der Waals surface area contributed by atoms with Crippen LogP contribution in [0, 0.1) is 6.92 Å². The number of benzene rings is 2. The number of hydrazone groups is 1. The summed E-state index contributed by atoms with van der Waals surface area (Å²) in [5.41, 5.74) is 3.89. The van der Waals surface area contributed by atoms with Crippen molar-refractivity contribution in [1.82, 2.24) is 5.43 Å². The van der Waals surface area contributed by atoms with E-state index in [0.717, 1.165) is 14.5 Å². The monoisotopic (exact) mass is 492 g/mol. The predicted molar refractivity (Wildman–Crippen MR) is 104 cm³/mol. The molecule has 1 amide bonds. The first-order valence-electron chi connectivity index (χ1n) is 6.73. The molecule has 0 heterocycles. The topological polar surface area (TPSA) is 50.7 Å². The van der Waals surface area contributed by atoms with Gasteiger partial charge in [-0.2, -0.15) is 5.10 Å². The normalized spacial score (nSPS) is 10.9. The van der Waals surface area contributed by atoms with E-state index in [1.54, 1.807) is 18.2 Å². The van der Waals surface area contributed by atoms with Crippen molar-refractivity contribution in [3.8, 4) is 5.75 Å². The molecule has 0 radical (unpaired) electrons. The van der Waals surface area contributed by atoms with Crippen molar-refractivity contribution >= 4 is 67.2 Å². The maximum absolute atomic E-state index is 11.8. The Morgan fingerprint density at radius 2 is 2.08 bits per heavy atom. The number of halogens is 4. The molecular weight excluding hydrogens is 483 g/mol. The molecule has 8 heteroatoms. The number of nitrogens with one attached hydrogen (secondary N) is 1. The number of hydrogen-bond acceptors (Lipinski definition) is 3. The molecule has 24 heavy (non-hydrogen) atoms. The lowest BCUT2D eigenvalue weighted by atomic mass is 10.2. The zero-order chi connectivity index (χ0) is 17.7. The maximum Gasteiger partial charge on any atom is 0.277 e. The number of rotatable bonds is 5. The van der Waals surface area contributed by atoms with Gasteiger partial charge in [0.15, 0.2) is 6.61 Å². The number of carbonyl (C=O) groups excluding carboxylic acids is 1. The molecule has 0 atom stereocenters. The molecular formula is C16H12Br2Cl2N2O2. The highest BCUT2D eigenvalue weighted by molar-refractivity contribution is 9.11. The molecule has 4 nitrogen and oxygen atoms in total. The summed E-state index contributed by atoms with van der Waals surface area (Å²) in [5.74, 6) is 0.217. The summed E-state index contributed by atoms with van der Waals surface area (Å²) in [5, 5.41) is 4.65. The Bertz CT molecular complexity index is 775. The molecule has 0 aliphatic heterocycles. The number of aryl methyl sites for hydroxylation is 1. The fourth-order valence-electron chi connectivity index (χ4n) is 1.84. The van der Waals surface area contributed by atoms with E-state index < -0.39 is 5.91 Å². The van der Waals surface area contributed by atoms with Crippen molar-refractivity contribution in [2.75, 3.05) is 6.61 Å². The summed E-state index contributed by atoms with van der Waals surface area (Å²) in [7, 11) is 0. The zero-order valence-corrected chi connectivity index (χ0v) is 17.1. The van der Waals surface area contributed by atoms with Gasteiger partial charge in [-0.25, -0.2) is 5.43 Å². The molecule has 0 aromatic heterocycles. The van der Waals surface area contributed by atoms with Gasteiger partial charge in [0.2, 0.25) is 0 Å². The second-order valence-corrected chi connectivity index (χ2v) is 7.31. The highest BCUT2D eigenvalue weighted by Gasteiger charge is 2.09. The van der Waals surface area contributed by atoms with E-state index in [0.29, 0.717) is 21.4 Å². The quantitative estimate of drug-likeness (QED) is 0.449. The van der Waals surface area contributed by atoms with Crippen LogP contribution < -0.4 is 10.2 Å². The molecule has 126 valence electrons. The molecule has 2 aromatic carbocycles. The summed E-state index contributed by atoms with van der Waals surface area (Å²) in [6.45, 7) is 1.73. The Morgan fingerprint density at radius 1 is 1.33 bits per heavy atom. The molecule has 1 N–H and O–H groups in total. The third kappa shape index (κ3) is 5.21. The first kappa shape index (κ1) is 19.2. The lowest BCUT2D eigenvalue weighted by Crippen LogP contribution is -2.24. The van der Waals surface area contributed by atoms with Crippen LogP contribution in [0.5, 0.6) is 5.75 Å². The van der Waals surface area contributed by atoms with E-state index in [2.05, 4.69) is 42.4 Å². The Balaban J connectivity index is 1.92. The van der Waals surface area contributed by atoms with E-state index >= 15 is 0 Å². The summed E-state index contributed by atoms with van der Waals surface area (Å²) < 4.78 is 7.21. The molecule has 0 saturated carbocycles. The summed E-state index contributed by atoms with van der Waals surface area (Å²) in [6, 6.07) is 8.90. The van der Waals surface area contributed by atoms with Crippen LogP contribution in [-0.4, -0.2) is 18.7 Å². The van der Waals surface area contributed by atoms with E-state index in [4.69, 9.17) is 27.9 Å².